The zero-order chi connectivity index (χ0) is 28.1. The third-order valence-corrected chi connectivity index (χ3v) is 7.78. The molecule has 0 unspecified atom stereocenters. The molecule has 0 bridgehead atoms. The van der Waals surface area contributed by atoms with Gasteiger partial charge in [0, 0.05) is 50.3 Å². The minimum atomic E-state index is -3.08. The Morgan fingerprint density at radius 3 is 2.67 bits per heavy atom. The van der Waals surface area contributed by atoms with Crippen molar-refractivity contribution >= 4 is 17.5 Å². The van der Waals surface area contributed by atoms with Crippen LogP contribution in [0.4, 0.5) is 14.5 Å². The first-order valence-electron chi connectivity index (χ1n) is 13.1. The Morgan fingerprint density at radius 1 is 1.20 bits per heavy atom. The summed E-state index contributed by atoms with van der Waals surface area (Å²) < 4.78 is 31.3. The summed E-state index contributed by atoms with van der Waals surface area (Å²) in [5, 5.41) is 15.8. The fourth-order valence-corrected chi connectivity index (χ4v) is 5.70. The zero-order valence-corrected chi connectivity index (χ0v) is 21.6. The molecule has 3 aromatic rings. The number of nitrogens with zero attached hydrogens (tertiary/aromatic N) is 5. The number of anilines is 1. The smallest absolute Gasteiger partial charge is 0.388 e. The first kappa shape index (κ1) is 25.8. The number of carbonyl (C=O) groups is 2. The average Bonchev–Trinajstić information content (AvgIpc) is 3.73. The lowest BCUT2D eigenvalue weighted by molar-refractivity contribution is -0.126. The lowest BCUT2D eigenvalue weighted by Crippen LogP contribution is -2.46. The Hall–Kier alpha value is -4.48. The Balaban J connectivity index is 1.39. The minimum Gasteiger partial charge on any atom is -0.506 e. The predicted molar refractivity (Wildman–Crippen MR) is 140 cm³/mol. The molecule has 1 fully saturated rings. The topological polar surface area (TPSA) is 127 Å². The molecule has 2 aliphatic heterocycles. The van der Waals surface area contributed by atoms with E-state index in [-0.39, 0.29) is 36.0 Å². The Bertz CT molecular complexity index is 1520. The molecule has 208 valence electrons. The van der Waals surface area contributed by atoms with Crippen LogP contribution in [0.1, 0.15) is 57.7 Å². The van der Waals surface area contributed by atoms with Crippen LogP contribution >= 0.6 is 0 Å². The van der Waals surface area contributed by atoms with Gasteiger partial charge in [0.05, 0.1) is 28.7 Å². The van der Waals surface area contributed by atoms with Gasteiger partial charge in [0.25, 0.3) is 5.91 Å². The van der Waals surface area contributed by atoms with Gasteiger partial charge in [-0.25, -0.2) is 9.67 Å². The molecule has 2 aromatic heterocycles. The minimum absolute atomic E-state index is 0.0400. The second-order valence-corrected chi connectivity index (χ2v) is 10.2. The van der Waals surface area contributed by atoms with Gasteiger partial charge in [-0.05, 0) is 42.5 Å². The van der Waals surface area contributed by atoms with Gasteiger partial charge >= 0.3 is 6.61 Å². The molecule has 12 heteroatoms. The number of phenols is 1. The van der Waals surface area contributed by atoms with Crippen LogP contribution in [-0.4, -0.2) is 67.7 Å². The van der Waals surface area contributed by atoms with Crippen LogP contribution < -0.4 is 10.5 Å². The van der Waals surface area contributed by atoms with E-state index in [1.165, 1.54) is 6.08 Å². The van der Waals surface area contributed by atoms with Crippen molar-refractivity contribution in [3.05, 3.63) is 71.2 Å². The van der Waals surface area contributed by atoms with E-state index in [9.17, 15) is 23.5 Å². The number of phenolic OH excluding ortho intramolecular Hbond substituents is 1. The molecule has 0 saturated heterocycles. The fraction of sp³-hybridized carbons (Fsp3) is 0.357. The van der Waals surface area contributed by atoms with E-state index >= 15 is 0 Å². The van der Waals surface area contributed by atoms with Crippen LogP contribution in [0.5, 0.6) is 11.6 Å². The van der Waals surface area contributed by atoms with E-state index in [1.807, 2.05) is 12.1 Å². The van der Waals surface area contributed by atoms with Crippen molar-refractivity contribution in [3.8, 4) is 17.3 Å². The van der Waals surface area contributed by atoms with Crippen molar-refractivity contribution < 1.29 is 28.2 Å². The summed E-state index contributed by atoms with van der Waals surface area (Å²) in [4.78, 5) is 33.5. The summed E-state index contributed by atoms with van der Waals surface area (Å²) in [7, 11) is 0. The molecular formula is C28H28F2N6O4. The molecule has 0 spiro atoms. The summed E-state index contributed by atoms with van der Waals surface area (Å²) in [5.74, 6) is -0.476. The standard InChI is InChI=1S/C28H28F2N6O4/c1-2-25(38)34-9-7-19-26-21(36(33-19)20-6-5-16(11-23(20)37)15-3-4-15)8-10-35(22(26)14-34)27(39)17-13-32-24(12-18(17)31)40-28(29)30/h2,5-6,11-13,15,22,28,37H,1,3-4,7-10,14H2,(H2,31,32)/t22-/m0/s1. The van der Waals surface area contributed by atoms with Crippen molar-refractivity contribution in [2.75, 3.05) is 25.4 Å². The van der Waals surface area contributed by atoms with E-state index in [4.69, 9.17) is 10.8 Å². The number of hydrogen-bond acceptors (Lipinski definition) is 7. The van der Waals surface area contributed by atoms with Crippen LogP contribution in [0, 0.1) is 0 Å². The normalized spacial score (nSPS) is 18.3. The molecule has 3 aliphatic rings. The number of rotatable bonds is 6. The van der Waals surface area contributed by atoms with Gasteiger partial charge in [0.2, 0.25) is 11.8 Å². The van der Waals surface area contributed by atoms with E-state index in [1.54, 1.807) is 20.5 Å². The number of amides is 2. The molecule has 6 rings (SSSR count). The molecular weight excluding hydrogens is 522 g/mol. The average molecular weight is 551 g/mol. The van der Waals surface area contributed by atoms with Gasteiger partial charge in [-0.15, -0.1) is 0 Å². The van der Waals surface area contributed by atoms with Gasteiger partial charge in [0.1, 0.15) is 11.4 Å². The molecule has 1 saturated carbocycles. The predicted octanol–water partition coefficient (Wildman–Crippen LogP) is 3.34. The van der Waals surface area contributed by atoms with Crippen LogP contribution in [0.2, 0.25) is 0 Å². The first-order valence-corrected chi connectivity index (χ1v) is 13.1. The van der Waals surface area contributed by atoms with Crippen LogP contribution in [0.3, 0.4) is 0 Å². The molecule has 10 nitrogen and oxygen atoms in total. The highest BCUT2D eigenvalue weighted by atomic mass is 19.3. The number of alkyl halides is 2. The SMILES string of the molecule is C=CC(=O)N1CCc2nn(-c3ccc(C4CC4)cc3O)c3c2[C@H](C1)N(C(=O)c1cnc(OC(F)F)cc1N)CC3. The summed E-state index contributed by atoms with van der Waals surface area (Å²) in [5.41, 5.74) is 10.1. The summed E-state index contributed by atoms with van der Waals surface area (Å²) in [6.45, 7) is 1.38. The molecule has 4 heterocycles. The maximum absolute atomic E-state index is 13.8. The third-order valence-electron chi connectivity index (χ3n) is 7.78. The van der Waals surface area contributed by atoms with Gasteiger partial charge in [-0.1, -0.05) is 12.6 Å². The highest BCUT2D eigenvalue weighted by molar-refractivity contribution is 5.99. The number of pyridine rings is 1. The molecule has 3 N–H and O–H groups in total. The monoisotopic (exact) mass is 550 g/mol. The van der Waals surface area contributed by atoms with Crippen molar-refractivity contribution in [1.29, 1.82) is 0 Å². The third kappa shape index (κ3) is 4.52. The number of nitrogens with two attached hydrogens (primary N) is 1. The molecule has 1 atom stereocenters. The van der Waals surface area contributed by atoms with Gasteiger partial charge in [-0.2, -0.15) is 13.9 Å². The highest BCUT2D eigenvalue weighted by Gasteiger charge is 2.40. The molecule has 0 radical (unpaired) electrons. The number of halogens is 2. The van der Waals surface area contributed by atoms with Gasteiger partial charge in [-0.3, -0.25) is 9.59 Å². The number of benzene rings is 1. The van der Waals surface area contributed by atoms with E-state index < -0.39 is 24.4 Å². The summed E-state index contributed by atoms with van der Waals surface area (Å²) >= 11 is 0. The number of aromatic hydroxyl groups is 1. The van der Waals surface area contributed by atoms with E-state index in [0.29, 0.717) is 31.0 Å². The highest BCUT2D eigenvalue weighted by Crippen LogP contribution is 2.43. The second-order valence-electron chi connectivity index (χ2n) is 10.2. The second kappa shape index (κ2) is 9.92. The fourth-order valence-electron chi connectivity index (χ4n) is 5.70. The Morgan fingerprint density at radius 2 is 2.00 bits per heavy atom. The maximum Gasteiger partial charge on any atom is 0.388 e. The quantitative estimate of drug-likeness (QED) is 0.451. The Kier molecular flexibility index (Phi) is 6.40. The van der Waals surface area contributed by atoms with Crippen LogP contribution in [0.15, 0.2) is 43.1 Å². The molecule has 1 aromatic carbocycles. The zero-order valence-electron chi connectivity index (χ0n) is 21.6. The van der Waals surface area contributed by atoms with E-state index in [0.717, 1.165) is 47.6 Å². The number of nitrogen functional groups attached to an aromatic ring is 1. The molecule has 40 heavy (non-hydrogen) atoms. The van der Waals surface area contributed by atoms with Gasteiger partial charge < -0.3 is 25.4 Å². The summed E-state index contributed by atoms with van der Waals surface area (Å²) in [6.07, 6.45) is 5.49. The lowest BCUT2D eigenvalue weighted by Gasteiger charge is -2.38. The number of carbonyl (C=O) groups excluding carboxylic acids is 2. The van der Waals surface area contributed by atoms with Crippen molar-refractivity contribution in [3.63, 3.8) is 0 Å². The van der Waals surface area contributed by atoms with Gasteiger partial charge in [0.15, 0.2) is 0 Å². The largest absolute Gasteiger partial charge is 0.506 e. The van der Waals surface area contributed by atoms with Crippen molar-refractivity contribution in [2.45, 2.75) is 44.3 Å². The van der Waals surface area contributed by atoms with E-state index in [2.05, 4.69) is 16.3 Å². The molecule has 2 amide bonds. The number of hydrogen-bond donors (Lipinski definition) is 2. The van der Waals surface area contributed by atoms with Crippen molar-refractivity contribution in [2.24, 2.45) is 0 Å². The van der Waals surface area contributed by atoms with Crippen LogP contribution in [-0.2, 0) is 17.6 Å². The Labute approximate surface area is 228 Å². The summed E-state index contributed by atoms with van der Waals surface area (Å²) in [6, 6.07) is 6.22. The van der Waals surface area contributed by atoms with Crippen molar-refractivity contribution in [1.82, 2.24) is 24.6 Å². The molecule has 1 aliphatic carbocycles. The number of ether oxygens (including phenoxy) is 1. The van der Waals surface area contributed by atoms with Crippen LogP contribution in [0.25, 0.3) is 5.69 Å². The first-order chi connectivity index (χ1) is 19.2. The number of aromatic nitrogens is 3. The lowest BCUT2D eigenvalue weighted by atomic mass is 9.94. The maximum atomic E-state index is 13.8.